The smallest absolute Gasteiger partial charge is 0.240 e. The summed E-state index contributed by atoms with van der Waals surface area (Å²) >= 11 is 0. The highest BCUT2D eigenvalue weighted by Crippen LogP contribution is 2.33. The largest absolute Gasteiger partial charge is 0.343 e. The number of carbonyl (C=O) groups is 2. The summed E-state index contributed by atoms with van der Waals surface area (Å²) in [6.07, 6.45) is 2.83. The Labute approximate surface area is 154 Å². The fourth-order valence-electron chi connectivity index (χ4n) is 3.75. The van der Waals surface area contributed by atoms with Gasteiger partial charge in [-0.15, -0.1) is 0 Å². The number of nitrogens with one attached hydrogen (secondary N) is 1. The van der Waals surface area contributed by atoms with Crippen molar-refractivity contribution in [2.75, 3.05) is 24.5 Å². The zero-order chi connectivity index (χ0) is 18.9. The molecule has 0 aliphatic carbocycles. The number of sulfonamides is 1. The number of anilines is 1. The lowest BCUT2D eigenvalue weighted by molar-refractivity contribution is -0.129. The molecule has 1 aromatic rings. The number of hydrogen-bond donors (Lipinski definition) is 1. The number of benzene rings is 1. The highest BCUT2D eigenvalue weighted by atomic mass is 32.2. The minimum atomic E-state index is -3.68. The third-order valence-corrected chi connectivity index (χ3v) is 6.46. The molecule has 1 atom stereocenters. The van der Waals surface area contributed by atoms with E-state index in [-0.39, 0.29) is 35.7 Å². The van der Waals surface area contributed by atoms with E-state index in [2.05, 4.69) is 4.72 Å². The van der Waals surface area contributed by atoms with E-state index in [0.717, 1.165) is 37.2 Å². The van der Waals surface area contributed by atoms with Crippen molar-refractivity contribution >= 4 is 27.5 Å². The molecule has 1 fully saturated rings. The summed E-state index contributed by atoms with van der Waals surface area (Å²) in [5.74, 6) is -0.0597. The maximum Gasteiger partial charge on any atom is 0.240 e. The Morgan fingerprint density at radius 2 is 1.92 bits per heavy atom. The minimum Gasteiger partial charge on any atom is -0.343 e. The summed E-state index contributed by atoms with van der Waals surface area (Å²) in [6, 6.07) is 4.84. The van der Waals surface area contributed by atoms with E-state index in [4.69, 9.17) is 0 Å². The van der Waals surface area contributed by atoms with E-state index in [1.165, 1.54) is 13.0 Å². The van der Waals surface area contributed by atoms with Gasteiger partial charge in [-0.1, -0.05) is 0 Å². The van der Waals surface area contributed by atoms with Crippen molar-refractivity contribution in [3.05, 3.63) is 23.8 Å². The zero-order valence-electron chi connectivity index (χ0n) is 15.2. The summed E-state index contributed by atoms with van der Waals surface area (Å²) in [7, 11) is -3.68. The van der Waals surface area contributed by atoms with Crippen LogP contribution in [0.2, 0.25) is 0 Å². The third kappa shape index (κ3) is 3.76. The van der Waals surface area contributed by atoms with E-state index in [0.29, 0.717) is 6.42 Å². The highest BCUT2D eigenvalue weighted by Gasteiger charge is 2.30. The lowest BCUT2D eigenvalue weighted by Gasteiger charge is -2.20. The Morgan fingerprint density at radius 3 is 2.58 bits per heavy atom. The first-order valence-electron chi connectivity index (χ1n) is 9.00. The van der Waals surface area contributed by atoms with Gasteiger partial charge in [0.2, 0.25) is 21.8 Å². The monoisotopic (exact) mass is 379 g/mol. The van der Waals surface area contributed by atoms with Crippen molar-refractivity contribution in [3.63, 3.8) is 0 Å². The third-order valence-electron chi connectivity index (χ3n) is 5.01. The van der Waals surface area contributed by atoms with Crippen molar-refractivity contribution in [2.24, 2.45) is 0 Å². The van der Waals surface area contributed by atoms with Gasteiger partial charge in [-0.3, -0.25) is 9.59 Å². The summed E-state index contributed by atoms with van der Waals surface area (Å²) in [6.45, 7) is 5.07. The van der Waals surface area contributed by atoms with Crippen LogP contribution in [0, 0.1) is 0 Å². The molecule has 8 heteroatoms. The highest BCUT2D eigenvalue weighted by molar-refractivity contribution is 7.89. The maximum absolute atomic E-state index is 12.5. The number of nitrogens with zero attached hydrogens (tertiary/aromatic N) is 2. The Kier molecular flexibility index (Phi) is 5.34. The van der Waals surface area contributed by atoms with E-state index in [1.807, 2.05) is 6.92 Å². The van der Waals surface area contributed by atoms with Crippen LogP contribution in [-0.4, -0.2) is 50.8 Å². The Bertz CT molecular complexity index is 816. The van der Waals surface area contributed by atoms with Crippen molar-refractivity contribution in [1.82, 2.24) is 9.62 Å². The fraction of sp³-hybridized carbons (Fsp3) is 0.556. The predicted molar refractivity (Wildman–Crippen MR) is 98.4 cm³/mol. The van der Waals surface area contributed by atoms with Gasteiger partial charge in [0.1, 0.15) is 0 Å². The van der Waals surface area contributed by atoms with Crippen molar-refractivity contribution in [2.45, 2.75) is 50.5 Å². The molecular formula is C18H25N3O4S. The molecule has 2 amide bonds. The van der Waals surface area contributed by atoms with Crippen LogP contribution >= 0.6 is 0 Å². The number of likely N-dealkylation sites (tertiary alicyclic amines) is 1. The van der Waals surface area contributed by atoms with E-state index >= 15 is 0 Å². The van der Waals surface area contributed by atoms with Gasteiger partial charge >= 0.3 is 0 Å². The molecule has 7 nitrogen and oxygen atoms in total. The normalized spacial score (nSPS) is 19.7. The van der Waals surface area contributed by atoms with Crippen molar-refractivity contribution in [3.8, 4) is 0 Å². The summed E-state index contributed by atoms with van der Waals surface area (Å²) in [5.41, 5.74) is 1.62. The number of hydrogen-bond acceptors (Lipinski definition) is 4. The van der Waals surface area contributed by atoms with Gasteiger partial charge in [-0.2, -0.15) is 0 Å². The topological polar surface area (TPSA) is 86.8 Å². The zero-order valence-corrected chi connectivity index (χ0v) is 16.0. The number of rotatable bonds is 5. The van der Waals surface area contributed by atoms with Gasteiger partial charge in [0, 0.05) is 44.7 Å². The molecule has 2 heterocycles. The first kappa shape index (κ1) is 18.8. The van der Waals surface area contributed by atoms with Crippen molar-refractivity contribution < 1.29 is 18.0 Å². The number of fused-ring (bicyclic) bond motifs is 1. The summed E-state index contributed by atoms with van der Waals surface area (Å²) < 4.78 is 27.5. The van der Waals surface area contributed by atoms with Crippen molar-refractivity contribution in [1.29, 1.82) is 0 Å². The van der Waals surface area contributed by atoms with Crippen LogP contribution in [0.25, 0.3) is 0 Å². The number of carbonyl (C=O) groups excluding carboxylic acids is 2. The summed E-state index contributed by atoms with van der Waals surface area (Å²) in [4.78, 5) is 27.4. The van der Waals surface area contributed by atoms with Gasteiger partial charge in [0.25, 0.3) is 0 Å². The van der Waals surface area contributed by atoms with Crippen LogP contribution in [-0.2, 0) is 26.0 Å². The lowest BCUT2D eigenvalue weighted by atomic mass is 10.1. The molecule has 26 heavy (non-hydrogen) atoms. The van der Waals surface area contributed by atoms with Gasteiger partial charge in [-0.25, -0.2) is 13.1 Å². The van der Waals surface area contributed by atoms with Crippen LogP contribution in [0.5, 0.6) is 0 Å². The Balaban J connectivity index is 1.66. The molecule has 2 aliphatic heterocycles. The second-order valence-electron chi connectivity index (χ2n) is 6.97. The molecule has 0 spiro atoms. The SMILES string of the molecule is CC(=O)N1c2ccc(S(=O)(=O)NCCC(=O)N3CCCC3)cc2C[C@H]1C. The Hall–Kier alpha value is -1.93. The van der Waals surface area contributed by atoms with Gasteiger partial charge in [-0.05, 0) is 49.9 Å². The molecule has 0 bridgehead atoms. The standard InChI is InChI=1S/C18H25N3O4S/c1-13-11-15-12-16(5-6-17(15)21(13)14(2)22)26(24,25)19-8-7-18(23)20-9-3-4-10-20/h5-6,12-13,19H,3-4,7-11H2,1-2H3/t13-/m1/s1. The van der Waals surface area contributed by atoms with Gasteiger partial charge in [0.15, 0.2) is 0 Å². The molecule has 0 unspecified atom stereocenters. The second-order valence-corrected chi connectivity index (χ2v) is 8.74. The molecule has 1 N–H and O–H groups in total. The lowest BCUT2D eigenvalue weighted by Crippen LogP contribution is -2.33. The average molecular weight is 379 g/mol. The molecule has 1 saturated heterocycles. The van der Waals surface area contributed by atoms with Gasteiger partial charge in [0.05, 0.1) is 4.90 Å². The van der Waals surface area contributed by atoms with E-state index in [1.54, 1.807) is 21.9 Å². The fourth-order valence-corrected chi connectivity index (χ4v) is 4.84. The van der Waals surface area contributed by atoms with Crippen LogP contribution < -0.4 is 9.62 Å². The average Bonchev–Trinajstić information content (AvgIpc) is 3.20. The number of amides is 2. The van der Waals surface area contributed by atoms with E-state index < -0.39 is 10.0 Å². The second kappa shape index (κ2) is 7.36. The van der Waals surface area contributed by atoms with Gasteiger partial charge < -0.3 is 9.80 Å². The van der Waals surface area contributed by atoms with Crippen LogP contribution in [0.15, 0.2) is 23.1 Å². The molecule has 0 aromatic heterocycles. The molecule has 1 aromatic carbocycles. The molecule has 3 rings (SSSR count). The van der Waals surface area contributed by atoms with Crippen LogP contribution in [0.4, 0.5) is 5.69 Å². The molecule has 0 saturated carbocycles. The minimum absolute atomic E-state index is 0.00919. The summed E-state index contributed by atoms with van der Waals surface area (Å²) in [5, 5.41) is 0. The molecule has 142 valence electrons. The molecular weight excluding hydrogens is 354 g/mol. The maximum atomic E-state index is 12.5. The predicted octanol–water partition coefficient (Wildman–Crippen LogP) is 1.27. The quantitative estimate of drug-likeness (QED) is 0.835. The first-order valence-corrected chi connectivity index (χ1v) is 10.5. The molecule has 2 aliphatic rings. The molecule has 0 radical (unpaired) electrons. The van der Waals surface area contributed by atoms with Crippen LogP contribution in [0.3, 0.4) is 0 Å². The van der Waals surface area contributed by atoms with Crippen LogP contribution in [0.1, 0.15) is 38.7 Å². The Morgan fingerprint density at radius 1 is 1.23 bits per heavy atom. The first-order chi connectivity index (χ1) is 12.3. The van der Waals surface area contributed by atoms with E-state index in [9.17, 15) is 18.0 Å².